The summed E-state index contributed by atoms with van der Waals surface area (Å²) < 4.78 is 1.76. The molecule has 0 saturated heterocycles. The van der Waals surface area contributed by atoms with Gasteiger partial charge in [0, 0.05) is 19.3 Å². The second-order valence-corrected chi connectivity index (χ2v) is 4.65. The molecule has 17 heavy (non-hydrogen) atoms. The van der Waals surface area contributed by atoms with E-state index in [1.54, 1.807) is 0 Å². The Hall–Kier alpha value is -1.14. The lowest BCUT2D eigenvalue weighted by atomic mass is 10.3. The molecule has 0 aliphatic heterocycles. The van der Waals surface area contributed by atoms with Crippen LogP contribution in [0.4, 0.5) is 0 Å². The van der Waals surface area contributed by atoms with E-state index in [0.717, 1.165) is 18.5 Å². The Bertz CT molecular complexity index is 504. The van der Waals surface area contributed by atoms with Crippen molar-refractivity contribution in [1.82, 2.24) is 14.9 Å². The summed E-state index contributed by atoms with van der Waals surface area (Å²) in [6.45, 7) is 7.95. The topological polar surface area (TPSA) is 66.9 Å². The molecule has 0 saturated carbocycles. The maximum absolute atomic E-state index is 11.5. The monoisotopic (exact) mass is 301 g/mol. The first-order chi connectivity index (χ1) is 8.04. The first-order valence-electron chi connectivity index (χ1n) is 5.41. The lowest BCUT2D eigenvalue weighted by molar-refractivity contribution is 0.650. The fourth-order valence-electron chi connectivity index (χ4n) is 1.34. The van der Waals surface area contributed by atoms with Gasteiger partial charge < -0.3 is 5.32 Å². The number of nitrogens with one attached hydrogen (secondary N) is 2. The molecule has 0 unspecified atom stereocenters. The largest absolute Gasteiger partial charge is 0.328 e. The Balaban J connectivity index is 2.69. The van der Waals surface area contributed by atoms with Crippen LogP contribution >= 0.6 is 15.9 Å². The molecule has 1 heterocycles. The van der Waals surface area contributed by atoms with Crippen LogP contribution in [0, 0.1) is 0 Å². The Kier molecular flexibility index (Phi) is 5.37. The number of H-pyrrole nitrogens is 1. The first-order valence-corrected chi connectivity index (χ1v) is 6.20. The van der Waals surface area contributed by atoms with Gasteiger partial charge in [-0.2, -0.15) is 0 Å². The maximum Gasteiger partial charge on any atom is 0.328 e. The lowest BCUT2D eigenvalue weighted by Gasteiger charge is -2.09. The summed E-state index contributed by atoms with van der Waals surface area (Å²) in [5.74, 6) is 0. The van der Waals surface area contributed by atoms with Crippen molar-refractivity contribution < 1.29 is 0 Å². The fraction of sp³-hybridized carbons (Fsp3) is 0.455. The number of aromatic nitrogens is 2. The van der Waals surface area contributed by atoms with Gasteiger partial charge in [0.25, 0.3) is 5.56 Å². The average molecular weight is 302 g/mol. The molecule has 94 valence electrons. The highest BCUT2D eigenvalue weighted by Gasteiger charge is 2.03. The third kappa shape index (κ3) is 4.32. The number of rotatable bonds is 6. The van der Waals surface area contributed by atoms with Gasteiger partial charge in [-0.3, -0.25) is 14.3 Å². The van der Waals surface area contributed by atoms with Crippen LogP contribution in [-0.2, 0) is 6.54 Å². The zero-order valence-electron chi connectivity index (χ0n) is 9.75. The first kappa shape index (κ1) is 13.9. The van der Waals surface area contributed by atoms with Gasteiger partial charge in [0.15, 0.2) is 0 Å². The molecule has 0 atom stereocenters. The van der Waals surface area contributed by atoms with Crippen molar-refractivity contribution in [3.63, 3.8) is 0 Å². The molecule has 0 aliphatic carbocycles. The zero-order chi connectivity index (χ0) is 12.8. The van der Waals surface area contributed by atoms with Crippen molar-refractivity contribution in [1.29, 1.82) is 0 Å². The molecule has 0 aliphatic rings. The van der Waals surface area contributed by atoms with Crippen LogP contribution in [0.25, 0.3) is 0 Å². The Morgan fingerprint density at radius 3 is 2.94 bits per heavy atom. The van der Waals surface area contributed by atoms with Gasteiger partial charge in [0.1, 0.15) is 0 Å². The summed E-state index contributed by atoms with van der Waals surface area (Å²) in [6, 6.07) is 0. The molecule has 5 nitrogen and oxygen atoms in total. The van der Waals surface area contributed by atoms with E-state index in [2.05, 4.69) is 39.7 Å². The number of hydrogen-bond donors (Lipinski definition) is 2. The van der Waals surface area contributed by atoms with Crippen LogP contribution in [0.1, 0.15) is 13.3 Å². The van der Waals surface area contributed by atoms with Crippen molar-refractivity contribution in [2.75, 3.05) is 13.1 Å². The minimum atomic E-state index is -0.421. The summed E-state index contributed by atoms with van der Waals surface area (Å²) in [7, 11) is 0. The van der Waals surface area contributed by atoms with E-state index < -0.39 is 11.2 Å². The van der Waals surface area contributed by atoms with Crippen molar-refractivity contribution >= 4 is 15.9 Å². The molecule has 0 spiro atoms. The molecule has 1 aromatic rings. The second kappa shape index (κ2) is 6.56. The molecule has 0 fully saturated rings. The van der Waals surface area contributed by atoms with E-state index in [-0.39, 0.29) is 0 Å². The number of halogens is 1. The highest BCUT2D eigenvalue weighted by atomic mass is 79.9. The third-order valence-corrected chi connectivity index (χ3v) is 2.73. The normalized spacial score (nSPS) is 10.5. The number of hydrogen-bond acceptors (Lipinski definition) is 3. The van der Waals surface area contributed by atoms with Crippen LogP contribution in [0.15, 0.2) is 32.4 Å². The van der Waals surface area contributed by atoms with E-state index in [9.17, 15) is 9.59 Å². The molecule has 2 N–H and O–H groups in total. The van der Waals surface area contributed by atoms with Crippen LogP contribution in [0.5, 0.6) is 0 Å². The van der Waals surface area contributed by atoms with Gasteiger partial charge in [-0.1, -0.05) is 13.5 Å². The molecule has 1 rings (SSSR count). The van der Waals surface area contributed by atoms with Gasteiger partial charge in [-0.15, -0.1) is 0 Å². The van der Waals surface area contributed by atoms with Gasteiger partial charge >= 0.3 is 5.69 Å². The standard InChI is InChI=1S/C11H16BrN3O2/c1-3-4-13-5-8(2)6-15-7-9(12)10(16)14-11(15)17/h7,13H,2-6H2,1H3,(H,14,16,17). The van der Waals surface area contributed by atoms with Crippen LogP contribution < -0.4 is 16.6 Å². The summed E-state index contributed by atoms with van der Waals surface area (Å²) in [4.78, 5) is 24.8. The Morgan fingerprint density at radius 2 is 2.29 bits per heavy atom. The van der Waals surface area contributed by atoms with Gasteiger partial charge in [-0.25, -0.2) is 4.79 Å². The average Bonchev–Trinajstić information content (AvgIpc) is 2.26. The van der Waals surface area contributed by atoms with Crippen molar-refractivity contribution in [2.45, 2.75) is 19.9 Å². The zero-order valence-corrected chi connectivity index (χ0v) is 11.3. The van der Waals surface area contributed by atoms with Crippen LogP contribution in [0.2, 0.25) is 0 Å². The van der Waals surface area contributed by atoms with Crippen molar-refractivity contribution in [3.05, 3.63) is 43.7 Å². The quantitative estimate of drug-likeness (QED) is 0.605. The predicted molar refractivity (Wildman–Crippen MR) is 71.3 cm³/mol. The smallest absolute Gasteiger partial charge is 0.313 e. The van der Waals surface area contributed by atoms with E-state index in [1.807, 2.05) is 0 Å². The minimum Gasteiger partial charge on any atom is -0.313 e. The van der Waals surface area contributed by atoms with E-state index in [0.29, 0.717) is 17.6 Å². The molecule has 1 aromatic heterocycles. The van der Waals surface area contributed by atoms with Crippen molar-refractivity contribution in [3.8, 4) is 0 Å². The Morgan fingerprint density at radius 1 is 1.59 bits per heavy atom. The molecule has 0 amide bonds. The highest BCUT2D eigenvalue weighted by molar-refractivity contribution is 9.10. The van der Waals surface area contributed by atoms with Crippen LogP contribution in [0.3, 0.4) is 0 Å². The second-order valence-electron chi connectivity index (χ2n) is 3.79. The molecule has 0 aromatic carbocycles. The third-order valence-electron chi connectivity index (χ3n) is 2.16. The molecular weight excluding hydrogens is 286 g/mol. The van der Waals surface area contributed by atoms with Crippen LogP contribution in [-0.4, -0.2) is 22.6 Å². The van der Waals surface area contributed by atoms with Crippen molar-refractivity contribution in [2.24, 2.45) is 0 Å². The Labute approximate surface area is 108 Å². The van der Waals surface area contributed by atoms with E-state index in [1.165, 1.54) is 10.8 Å². The molecule has 6 heteroatoms. The van der Waals surface area contributed by atoms with Gasteiger partial charge in [0.05, 0.1) is 4.47 Å². The number of aromatic amines is 1. The SMILES string of the molecule is C=C(CNCCC)Cn1cc(Br)c(=O)[nH]c1=O. The van der Waals surface area contributed by atoms with Gasteiger partial charge in [-0.05, 0) is 34.5 Å². The highest BCUT2D eigenvalue weighted by Crippen LogP contribution is 2.00. The maximum atomic E-state index is 11.5. The van der Waals surface area contributed by atoms with Gasteiger partial charge in [0.2, 0.25) is 0 Å². The summed E-state index contributed by atoms with van der Waals surface area (Å²) >= 11 is 3.09. The summed E-state index contributed by atoms with van der Waals surface area (Å²) in [5.41, 5.74) is 0.0512. The minimum absolute atomic E-state index is 0.339. The lowest BCUT2D eigenvalue weighted by Crippen LogP contribution is -2.31. The molecule has 0 bridgehead atoms. The fourth-order valence-corrected chi connectivity index (χ4v) is 1.69. The molecular formula is C11H16BrN3O2. The predicted octanol–water partition coefficient (Wildman–Crippen LogP) is 0.855. The molecule has 0 radical (unpaired) electrons. The number of nitrogens with zero attached hydrogens (tertiary/aromatic N) is 1. The van der Waals surface area contributed by atoms with E-state index >= 15 is 0 Å². The summed E-state index contributed by atoms with van der Waals surface area (Å²) in [6.07, 6.45) is 2.53. The van der Waals surface area contributed by atoms with E-state index in [4.69, 9.17) is 0 Å². The summed E-state index contributed by atoms with van der Waals surface area (Å²) in [5, 5.41) is 3.20.